The van der Waals surface area contributed by atoms with Crippen LogP contribution < -0.4 is 5.32 Å². The lowest BCUT2D eigenvalue weighted by atomic mass is 10.0. The van der Waals surface area contributed by atoms with Crippen LogP contribution in [0.5, 0.6) is 0 Å². The van der Waals surface area contributed by atoms with Crippen molar-refractivity contribution in [1.29, 1.82) is 0 Å². The average molecular weight is 248 g/mol. The molecule has 1 heterocycles. The van der Waals surface area contributed by atoms with Crippen molar-refractivity contribution in [2.75, 3.05) is 5.32 Å². The van der Waals surface area contributed by atoms with E-state index in [1.54, 1.807) is 18.5 Å². The van der Waals surface area contributed by atoms with Crippen LogP contribution in [0.3, 0.4) is 0 Å². The fraction of sp³-hybridized carbons (Fsp3) is 0.571. The van der Waals surface area contributed by atoms with Gasteiger partial charge in [-0.1, -0.05) is 25.7 Å². The van der Waals surface area contributed by atoms with Gasteiger partial charge in [0.25, 0.3) is 0 Å². The SMILES string of the molecule is O=C(CCC1CCCC1)Nc1cnccc1CO. The van der Waals surface area contributed by atoms with E-state index in [4.69, 9.17) is 5.11 Å². The fourth-order valence-corrected chi connectivity index (χ4v) is 2.52. The summed E-state index contributed by atoms with van der Waals surface area (Å²) in [5.41, 5.74) is 1.33. The highest BCUT2D eigenvalue weighted by atomic mass is 16.3. The molecule has 1 aromatic heterocycles. The molecule has 1 fully saturated rings. The number of aromatic nitrogens is 1. The lowest BCUT2D eigenvalue weighted by molar-refractivity contribution is -0.116. The zero-order chi connectivity index (χ0) is 12.8. The molecule has 0 saturated heterocycles. The van der Waals surface area contributed by atoms with Gasteiger partial charge in [-0.2, -0.15) is 0 Å². The standard InChI is InChI=1S/C14H20N2O2/c17-10-12-7-8-15-9-13(12)16-14(18)6-5-11-3-1-2-4-11/h7-9,11,17H,1-6,10H2,(H,16,18). The summed E-state index contributed by atoms with van der Waals surface area (Å²) in [4.78, 5) is 15.8. The number of nitrogens with zero attached hydrogens (tertiary/aromatic N) is 1. The predicted octanol–water partition coefficient (Wildman–Crippen LogP) is 2.48. The first kappa shape index (κ1) is 13.0. The van der Waals surface area contributed by atoms with Crippen LogP contribution in [0.25, 0.3) is 0 Å². The summed E-state index contributed by atoms with van der Waals surface area (Å²) in [5.74, 6) is 0.742. The zero-order valence-corrected chi connectivity index (χ0v) is 10.6. The molecule has 18 heavy (non-hydrogen) atoms. The smallest absolute Gasteiger partial charge is 0.224 e. The number of carbonyl (C=O) groups excluding carboxylic acids is 1. The summed E-state index contributed by atoms with van der Waals surface area (Å²) in [6, 6.07) is 1.71. The van der Waals surface area contributed by atoms with Crippen LogP contribution >= 0.6 is 0 Å². The normalized spacial score (nSPS) is 15.8. The Balaban J connectivity index is 1.82. The van der Waals surface area contributed by atoms with E-state index in [0.717, 1.165) is 12.3 Å². The number of aliphatic hydroxyl groups is 1. The van der Waals surface area contributed by atoms with Crippen molar-refractivity contribution < 1.29 is 9.90 Å². The van der Waals surface area contributed by atoms with Crippen LogP contribution in [0.15, 0.2) is 18.5 Å². The Labute approximate surface area is 107 Å². The van der Waals surface area contributed by atoms with E-state index in [0.29, 0.717) is 17.7 Å². The maximum Gasteiger partial charge on any atom is 0.224 e. The number of nitrogens with one attached hydrogen (secondary N) is 1. The molecule has 4 nitrogen and oxygen atoms in total. The summed E-state index contributed by atoms with van der Waals surface area (Å²) < 4.78 is 0. The largest absolute Gasteiger partial charge is 0.392 e. The van der Waals surface area contributed by atoms with Crippen LogP contribution in [-0.2, 0) is 11.4 Å². The third-order valence-corrected chi connectivity index (χ3v) is 3.61. The van der Waals surface area contributed by atoms with Crippen molar-refractivity contribution in [3.63, 3.8) is 0 Å². The first-order chi connectivity index (χ1) is 8.79. The van der Waals surface area contributed by atoms with Gasteiger partial charge in [-0.3, -0.25) is 9.78 Å². The highest BCUT2D eigenvalue weighted by Gasteiger charge is 2.16. The van der Waals surface area contributed by atoms with Crippen LogP contribution in [0.4, 0.5) is 5.69 Å². The van der Waals surface area contributed by atoms with Crippen LogP contribution in [-0.4, -0.2) is 16.0 Å². The highest BCUT2D eigenvalue weighted by Crippen LogP contribution is 2.28. The topological polar surface area (TPSA) is 62.2 Å². The summed E-state index contributed by atoms with van der Waals surface area (Å²) in [6.07, 6.45) is 9.88. The van der Waals surface area contributed by atoms with Crippen LogP contribution in [0.2, 0.25) is 0 Å². The summed E-state index contributed by atoms with van der Waals surface area (Å²) in [6.45, 7) is -0.0826. The van der Waals surface area contributed by atoms with Gasteiger partial charge < -0.3 is 10.4 Å². The Morgan fingerprint density at radius 3 is 2.94 bits per heavy atom. The van der Waals surface area contributed by atoms with Crippen molar-refractivity contribution in [2.24, 2.45) is 5.92 Å². The van der Waals surface area contributed by atoms with Gasteiger partial charge >= 0.3 is 0 Å². The lowest BCUT2D eigenvalue weighted by Crippen LogP contribution is -2.14. The van der Waals surface area contributed by atoms with Gasteiger partial charge in [-0.25, -0.2) is 0 Å². The first-order valence-corrected chi connectivity index (χ1v) is 6.63. The van der Waals surface area contributed by atoms with E-state index in [1.165, 1.54) is 25.7 Å². The van der Waals surface area contributed by atoms with Crippen LogP contribution in [0, 0.1) is 5.92 Å². The van der Waals surface area contributed by atoms with Gasteiger partial charge in [0.1, 0.15) is 0 Å². The minimum absolute atomic E-state index is 0.0181. The molecule has 0 unspecified atom stereocenters. The molecule has 2 N–H and O–H groups in total. The summed E-state index contributed by atoms with van der Waals surface area (Å²) >= 11 is 0. The van der Waals surface area contributed by atoms with Crippen molar-refractivity contribution >= 4 is 11.6 Å². The maximum absolute atomic E-state index is 11.8. The first-order valence-electron chi connectivity index (χ1n) is 6.63. The maximum atomic E-state index is 11.8. The molecule has 1 aromatic rings. The van der Waals surface area contributed by atoms with Crippen molar-refractivity contribution in [1.82, 2.24) is 4.98 Å². The summed E-state index contributed by atoms with van der Waals surface area (Å²) in [7, 11) is 0. The fourth-order valence-electron chi connectivity index (χ4n) is 2.52. The van der Waals surface area contributed by atoms with E-state index in [2.05, 4.69) is 10.3 Å². The number of hydrogen-bond acceptors (Lipinski definition) is 3. The molecule has 1 amide bonds. The number of aliphatic hydroxyl groups excluding tert-OH is 1. The average Bonchev–Trinajstić information content (AvgIpc) is 2.90. The van der Waals surface area contributed by atoms with Gasteiger partial charge in [-0.05, 0) is 18.4 Å². The molecule has 0 radical (unpaired) electrons. The summed E-state index contributed by atoms with van der Waals surface area (Å²) in [5, 5.41) is 12.0. The molecule has 98 valence electrons. The van der Waals surface area contributed by atoms with Crippen molar-refractivity contribution in [3.05, 3.63) is 24.0 Å². The molecule has 0 atom stereocenters. The highest BCUT2D eigenvalue weighted by molar-refractivity contribution is 5.91. The Morgan fingerprint density at radius 1 is 1.44 bits per heavy atom. The molecule has 0 bridgehead atoms. The van der Waals surface area contributed by atoms with Gasteiger partial charge in [0.05, 0.1) is 18.5 Å². The van der Waals surface area contributed by atoms with Gasteiger partial charge in [0.2, 0.25) is 5.91 Å². The second-order valence-corrected chi connectivity index (χ2v) is 4.93. The minimum Gasteiger partial charge on any atom is -0.392 e. The Bertz CT molecular complexity index is 401. The lowest BCUT2D eigenvalue weighted by Gasteiger charge is -2.10. The minimum atomic E-state index is -0.0826. The number of pyridine rings is 1. The third-order valence-electron chi connectivity index (χ3n) is 3.61. The van der Waals surface area contributed by atoms with Crippen LogP contribution in [0.1, 0.15) is 44.1 Å². The van der Waals surface area contributed by atoms with Gasteiger partial charge in [0.15, 0.2) is 0 Å². The number of carbonyl (C=O) groups is 1. The number of hydrogen-bond donors (Lipinski definition) is 2. The molecule has 0 aromatic carbocycles. The predicted molar refractivity (Wildman–Crippen MR) is 70.0 cm³/mol. The Morgan fingerprint density at radius 2 is 2.22 bits per heavy atom. The van der Waals surface area contributed by atoms with E-state index >= 15 is 0 Å². The second kappa shape index (κ2) is 6.50. The number of amides is 1. The van der Waals surface area contributed by atoms with Crippen molar-refractivity contribution in [2.45, 2.75) is 45.1 Å². The monoisotopic (exact) mass is 248 g/mol. The Hall–Kier alpha value is -1.42. The van der Waals surface area contributed by atoms with Gasteiger partial charge in [-0.15, -0.1) is 0 Å². The van der Waals surface area contributed by atoms with E-state index in [-0.39, 0.29) is 12.5 Å². The zero-order valence-electron chi connectivity index (χ0n) is 10.6. The molecule has 4 heteroatoms. The molecule has 0 spiro atoms. The quantitative estimate of drug-likeness (QED) is 0.841. The molecule has 0 aliphatic heterocycles. The Kier molecular flexibility index (Phi) is 4.70. The molecular formula is C14H20N2O2. The second-order valence-electron chi connectivity index (χ2n) is 4.93. The molecule has 1 aliphatic carbocycles. The van der Waals surface area contributed by atoms with E-state index in [9.17, 15) is 4.79 Å². The van der Waals surface area contributed by atoms with Gasteiger partial charge in [0, 0.05) is 18.2 Å². The molecule has 1 saturated carbocycles. The third kappa shape index (κ3) is 3.53. The molecule has 1 aliphatic rings. The molecule has 2 rings (SSSR count). The number of rotatable bonds is 5. The van der Waals surface area contributed by atoms with E-state index in [1.807, 2.05) is 0 Å². The van der Waals surface area contributed by atoms with Crippen molar-refractivity contribution in [3.8, 4) is 0 Å². The number of anilines is 1. The van der Waals surface area contributed by atoms with E-state index < -0.39 is 0 Å². The molecular weight excluding hydrogens is 228 g/mol.